The largest absolute Gasteiger partial charge is 0.467 e. The lowest BCUT2D eigenvalue weighted by atomic mass is 10.2. The molecular weight excluding hydrogens is 298 g/mol. The molecule has 1 aliphatic heterocycles. The van der Waals surface area contributed by atoms with Crippen LogP contribution in [0.4, 0.5) is 9.59 Å². The maximum atomic E-state index is 12.2. The van der Waals surface area contributed by atoms with Crippen molar-refractivity contribution in [3.8, 4) is 0 Å². The van der Waals surface area contributed by atoms with E-state index in [9.17, 15) is 9.59 Å². The molecule has 7 nitrogen and oxygen atoms in total. The SMILES string of the molecule is CC(NC(=O)N1CCN(C(=O)OC(C)(C)C)CC1)c1ccco1. The number of nitrogens with zero attached hydrogens (tertiary/aromatic N) is 2. The van der Waals surface area contributed by atoms with E-state index in [1.54, 1.807) is 22.1 Å². The molecule has 7 heteroatoms. The fourth-order valence-electron chi connectivity index (χ4n) is 2.30. The van der Waals surface area contributed by atoms with Crippen LogP contribution in [0.2, 0.25) is 0 Å². The highest BCUT2D eigenvalue weighted by molar-refractivity contribution is 5.75. The molecule has 3 amide bonds. The Morgan fingerprint density at radius 3 is 2.35 bits per heavy atom. The van der Waals surface area contributed by atoms with Crippen molar-refractivity contribution >= 4 is 12.1 Å². The van der Waals surface area contributed by atoms with Gasteiger partial charge in [0, 0.05) is 26.2 Å². The van der Waals surface area contributed by atoms with Crippen molar-refractivity contribution in [1.29, 1.82) is 0 Å². The van der Waals surface area contributed by atoms with Crippen molar-refractivity contribution < 1.29 is 18.7 Å². The Hall–Kier alpha value is -2.18. The van der Waals surface area contributed by atoms with E-state index in [1.165, 1.54) is 0 Å². The van der Waals surface area contributed by atoms with Crippen LogP contribution in [-0.2, 0) is 4.74 Å². The molecule has 0 saturated carbocycles. The minimum Gasteiger partial charge on any atom is -0.467 e. The Labute approximate surface area is 136 Å². The Kier molecular flexibility index (Phi) is 5.18. The predicted molar refractivity (Wildman–Crippen MR) is 85.0 cm³/mol. The molecule has 23 heavy (non-hydrogen) atoms. The zero-order chi connectivity index (χ0) is 17.0. The summed E-state index contributed by atoms with van der Waals surface area (Å²) in [7, 11) is 0. The monoisotopic (exact) mass is 323 g/mol. The lowest BCUT2D eigenvalue weighted by Gasteiger charge is -2.35. The number of carbonyl (C=O) groups is 2. The van der Waals surface area contributed by atoms with Crippen molar-refractivity contribution in [3.05, 3.63) is 24.2 Å². The minimum atomic E-state index is -0.510. The van der Waals surface area contributed by atoms with Crippen molar-refractivity contribution in [1.82, 2.24) is 15.1 Å². The molecule has 0 spiro atoms. The molecule has 0 aliphatic carbocycles. The average molecular weight is 323 g/mol. The smallest absolute Gasteiger partial charge is 0.410 e. The van der Waals surface area contributed by atoms with E-state index in [4.69, 9.17) is 9.15 Å². The zero-order valence-electron chi connectivity index (χ0n) is 14.2. The molecule has 1 fully saturated rings. The van der Waals surface area contributed by atoms with Crippen molar-refractivity contribution in [3.63, 3.8) is 0 Å². The third-order valence-corrected chi connectivity index (χ3v) is 3.53. The summed E-state index contributed by atoms with van der Waals surface area (Å²) >= 11 is 0. The fourth-order valence-corrected chi connectivity index (χ4v) is 2.30. The minimum absolute atomic E-state index is 0.155. The lowest BCUT2D eigenvalue weighted by molar-refractivity contribution is 0.0169. The van der Waals surface area contributed by atoms with E-state index < -0.39 is 5.60 Å². The van der Waals surface area contributed by atoms with E-state index in [-0.39, 0.29) is 18.2 Å². The molecule has 1 saturated heterocycles. The van der Waals surface area contributed by atoms with Crippen molar-refractivity contribution in [2.75, 3.05) is 26.2 Å². The zero-order valence-corrected chi connectivity index (χ0v) is 14.2. The topological polar surface area (TPSA) is 75.0 Å². The van der Waals surface area contributed by atoms with Crippen LogP contribution < -0.4 is 5.32 Å². The summed E-state index contributed by atoms with van der Waals surface area (Å²) in [6, 6.07) is 3.27. The third kappa shape index (κ3) is 4.91. The summed E-state index contributed by atoms with van der Waals surface area (Å²) in [5.41, 5.74) is -0.510. The summed E-state index contributed by atoms with van der Waals surface area (Å²) in [6.45, 7) is 9.29. The number of piperazine rings is 1. The number of ether oxygens (including phenoxy) is 1. The second kappa shape index (κ2) is 6.93. The van der Waals surface area contributed by atoms with Crippen molar-refractivity contribution in [2.45, 2.75) is 39.3 Å². The van der Waals surface area contributed by atoms with Gasteiger partial charge < -0.3 is 24.3 Å². The molecule has 1 unspecified atom stereocenters. The van der Waals surface area contributed by atoms with Crippen LogP contribution in [0.25, 0.3) is 0 Å². The molecule has 1 aliphatic rings. The normalized spacial score (nSPS) is 16.9. The molecule has 0 bridgehead atoms. The molecule has 0 aromatic carbocycles. The van der Waals surface area contributed by atoms with E-state index >= 15 is 0 Å². The number of amides is 3. The van der Waals surface area contributed by atoms with Gasteiger partial charge in [-0.05, 0) is 39.8 Å². The molecule has 1 aromatic rings. The van der Waals surface area contributed by atoms with Gasteiger partial charge in [0.2, 0.25) is 0 Å². The van der Waals surface area contributed by atoms with Gasteiger partial charge in [0.05, 0.1) is 12.3 Å². The van der Waals surface area contributed by atoms with Crippen LogP contribution in [-0.4, -0.2) is 53.7 Å². The molecule has 0 radical (unpaired) electrons. The Morgan fingerprint density at radius 2 is 1.83 bits per heavy atom. The number of hydrogen-bond donors (Lipinski definition) is 1. The Morgan fingerprint density at radius 1 is 1.22 bits per heavy atom. The van der Waals surface area contributed by atoms with Crippen LogP contribution >= 0.6 is 0 Å². The van der Waals surface area contributed by atoms with Crippen LogP contribution in [0, 0.1) is 0 Å². The summed E-state index contributed by atoms with van der Waals surface area (Å²) in [6.07, 6.45) is 1.25. The first-order valence-corrected chi connectivity index (χ1v) is 7.83. The Bertz CT molecular complexity index is 528. The maximum Gasteiger partial charge on any atom is 0.410 e. The second-order valence-corrected chi connectivity index (χ2v) is 6.64. The molecule has 1 atom stereocenters. The van der Waals surface area contributed by atoms with Crippen LogP contribution in [0.5, 0.6) is 0 Å². The summed E-state index contributed by atoms with van der Waals surface area (Å²) in [5.74, 6) is 0.714. The number of rotatable bonds is 2. The number of furan rings is 1. The van der Waals surface area contributed by atoms with Gasteiger partial charge in [0.15, 0.2) is 0 Å². The van der Waals surface area contributed by atoms with Gasteiger partial charge in [-0.25, -0.2) is 9.59 Å². The number of carbonyl (C=O) groups excluding carboxylic acids is 2. The number of hydrogen-bond acceptors (Lipinski definition) is 4. The van der Waals surface area contributed by atoms with Gasteiger partial charge in [0.25, 0.3) is 0 Å². The number of urea groups is 1. The summed E-state index contributed by atoms with van der Waals surface area (Å²) in [4.78, 5) is 27.6. The van der Waals surface area contributed by atoms with Gasteiger partial charge in [-0.2, -0.15) is 0 Å². The van der Waals surface area contributed by atoms with E-state index in [0.29, 0.717) is 31.9 Å². The predicted octanol–water partition coefficient (Wildman–Crippen LogP) is 2.60. The van der Waals surface area contributed by atoms with E-state index in [2.05, 4.69) is 5.32 Å². The Balaban J connectivity index is 1.79. The van der Waals surface area contributed by atoms with Crippen LogP contribution in [0.15, 0.2) is 22.8 Å². The summed E-state index contributed by atoms with van der Waals surface area (Å²) in [5, 5.41) is 2.89. The van der Waals surface area contributed by atoms with Gasteiger partial charge >= 0.3 is 12.1 Å². The molecular formula is C16H25N3O4. The van der Waals surface area contributed by atoms with E-state index in [0.717, 1.165) is 0 Å². The second-order valence-electron chi connectivity index (χ2n) is 6.64. The van der Waals surface area contributed by atoms with Crippen LogP contribution in [0.1, 0.15) is 39.5 Å². The summed E-state index contributed by atoms with van der Waals surface area (Å²) < 4.78 is 10.6. The highest BCUT2D eigenvalue weighted by Crippen LogP contribution is 2.14. The average Bonchev–Trinajstić information content (AvgIpc) is 3.00. The first-order chi connectivity index (χ1) is 10.8. The molecule has 128 valence electrons. The third-order valence-electron chi connectivity index (χ3n) is 3.53. The highest BCUT2D eigenvalue weighted by Gasteiger charge is 2.28. The highest BCUT2D eigenvalue weighted by atomic mass is 16.6. The molecule has 2 rings (SSSR count). The molecule has 1 N–H and O–H groups in total. The first kappa shape index (κ1) is 17.2. The van der Waals surface area contributed by atoms with Gasteiger partial charge in [-0.1, -0.05) is 0 Å². The standard InChI is InChI=1S/C16H25N3O4/c1-12(13-6-5-11-22-13)17-14(20)18-7-9-19(10-8-18)15(21)23-16(2,3)4/h5-6,11-12H,7-10H2,1-4H3,(H,17,20). The van der Waals surface area contributed by atoms with Crippen LogP contribution in [0.3, 0.4) is 0 Å². The quantitative estimate of drug-likeness (QED) is 0.908. The molecule has 1 aromatic heterocycles. The van der Waals surface area contributed by atoms with E-state index in [1.807, 2.05) is 33.8 Å². The first-order valence-electron chi connectivity index (χ1n) is 7.83. The molecule has 2 heterocycles. The number of nitrogens with one attached hydrogen (secondary N) is 1. The lowest BCUT2D eigenvalue weighted by Crippen LogP contribution is -2.54. The van der Waals surface area contributed by atoms with Crippen molar-refractivity contribution in [2.24, 2.45) is 0 Å². The fraction of sp³-hybridized carbons (Fsp3) is 0.625. The maximum absolute atomic E-state index is 12.2. The van der Waals surface area contributed by atoms with Gasteiger partial charge in [-0.15, -0.1) is 0 Å². The van der Waals surface area contributed by atoms with Gasteiger partial charge in [-0.3, -0.25) is 0 Å². The van der Waals surface area contributed by atoms with Gasteiger partial charge in [0.1, 0.15) is 11.4 Å².